The maximum absolute atomic E-state index is 12.2. The van der Waals surface area contributed by atoms with Crippen LogP contribution in [0.2, 0.25) is 0 Å². The third kappa shape index (κ3) is 4.24. The number of ether oxygens (including phenoxy) is 1. The molecule has 8 heteroatoms. The van der Waals surface area contributed by atoms with Crippen molar-refractivity contribution in [3.63, 3.8) is 0 Å². The molecule has 5 nitrogen and oxygen atoms in total. The van der Waals surface area contributed by atoms with Crippen LogP contribution >= 0.6 is 0 Å². The molecule has 0 fully saturated rings. The number of alkyl halides is 3. The Hall–Kier alpha value is -2.51. The highest BCUT2D eigenvalue weighted by atomic mass is 19.4. The minimum absolute atomic E-state index is 0.0361. The van der Waals surface area contributed by atoms with E-state index in [-0.39, 0.29) is 17.3 Å². The van der Waals surface area contributed by atoms with Crippen LogP contribution in [0.1, 0.15) is 13.0 Å². The van der Waals surface area contributed by atoms with E-state index in [1.807, 2.05) is 0 Å². The number of imidazole rings is 1. The van der Waals surface area contributed by atoms with Gasteiger partial charge in [0.15, 0.2) is 6.61 Å². The van der Waals surface area contributed by atoms with Gasteiger partial charge in [-0.05, 0) is 19.1 Å². The zero-order valence-corrected chi connectivity index (χ0v) is 11.7. The zero-order chi connectivity index (χ0) is 16.2. The number of nitrogens with zero attached hydrogens (tertiary/aromatic N) is 2. The number of hydrogen-bond donors (Lipinski definition) is 1. The average molecular weight is 313 g/mol. The van der Waals surface area contributed by atoms with Crippen LogP contribution in [-0.4, -0.2) is 28.2 Å². The molecule has 0 spiro atoms. The molecule has 1 heterocycles. The van der Waals surface area contributed by atoms with Gasteiger partial charge in [-0.3, -0.25) is 4.79 Å². The molecule has 2 aromatic rings. The maximum atomic E-state index is 12.2. The summed E-state index contributed by atoms with van der Waals surface area (Å²) in [7, 11) is 0. The van der Waals surface area contributed by atoms with Crippen LogP contribution in [0.5, 0.6) is 5.75 Å². The lowest BCUT2D eigenvalue weighted by molar-refractivity contribution is -0.153. The van der Waals surface area contributed by atoms with Crippen molar-refractivity contribution in [1.82, 2.24) is 9.55 Å². The number of carbonyl (C=O) groups excluding carboxylic acids is 1. The molecule has 0 saturated heterocycles. The Labute approximate surface area is 124 Å². The smallest absolute Gasteiger partial charge is 0.422 e. The lowest BCUT2D eigenvalue weighted by Crippen LogP contribution is -2.24. The highest BCUT2D eigenvalue weighted by Crippen LogP contribution is 2.27. The maximum Gasteiger partial charge on any atom is 0.422 e. The Kier molecular flexibility index (Phi) is 4.69. The van der Waals surface area contributed by atoms with Crippen molar-refractivity contribution in [3.8, 4) is 5.75 Å². The predicted octanol–water partition coefficient (Wildman–Crippen LogP) is 3.02. The number of rotatable bonds is 5. The molecule has 0 radical (unpaired) electrons. The van der Waals surface area contributed by atoms with Gasteiger partial charge in [-0.25, -0.2) is 4.98 Å². The minimum atomic E-state index is -4.44. The molecule has 0 bridgehead atoms. The monoisotopic (exact) mass is 313 g/mol. The first-order valence-electron chi connectivity index (χ1n) is 6.44. The highest BCUT2D eigenvalue weighted by Gasteiger charge is 2.29. The molecule has 0 aliphatic carbocycles. The summed E-state index contributed by atoms with van der Waals surface area (Å²) in [5.74, 6) is -0.424. The third-order valence-electron chi connectivity index (χ3n) is 2.89. The highest BCUT2D eigenvalue weighted by molar-refractivity contribution is 5.94. The van der Waals surface area contributed by atoms with Crippen LogP contribution in [0, 0.1) is 0 Å². The second-order valence-corrected chi connectivity index (χ2v) is 4.58. The fourth-order valence-electron chi connectivity index (χ4n) is 1.73. The largest absolute Gasteiger partial charge is 0.482 e. The lowest BCUT2D eigenvalue weighted by Gasteiger charge is -2.16. The Morgan fingerprint density at radius 3 is 2.77 bits per heavy atom. The van der Waals surface area contributed by atoms with Gasteiger partial charge >= 0.3 is 6.18 Å². The number of amides is 1. The number of nitrogens with one attached hydrogen (secondary N) is 1. The van der Waals surface area contributed by atoms with E-state index in [1.54, 1.807) is 23.8 Å². The van der Waals surface area contributed by atoms with Gasteiger partial charge in [0.25, 0.3) is 0 Å². The number of hydrogen-bond acceptors (Lipinski definition) is 3. The Morgan fingerprint density at radius 2 is 2.14 bits per heavy atom. The van der Waals surface area contributed by atoms with E-state index in [0.29, 0.717) is 0 Å². The molecular formula is C14H14F3N3O2. The van der Waals surface area contributed by atoms with Crippen molar-refractivity contribution in [1.29, 1.82) is 0 Å². The number of halogens is 3. The summed E-state index contributed by atoms with van der Waals surface area (Å²) in [6.45, 7) is 0.229. The van der Waals surface area contributed by atoms with E-state index in [4.69, 9.17) is 4.74 Å². The predicted molar refractivity (Wildman–Crippen MR) is 73.6 cm³/mol. The Bertz CT molecular complexity index is 627. The summed E-state index contributed by atoms with van der Waals surface area (Å²) in [5, 5.41) is 2.55. The third-order valence-corrected chi connectivity index (χ3v) is 2.89. The number of benzene rings is 1. The second-order valence-electron chi connectivity index (χ2n) is 4.58. The summed E-state index contributed by atoms with van der Waals surface area (Å²) < 4.78 is 43.0. The van der Waals surface area contributed by atoms with Gasteiger partial charge in [-0.2, -0.15) is 13.2 Å². The van der Waals surface area contributed by atoms with Crippen LogP contribution < -0.4 is 10.1 Å². The quantitative estimate of drug-likeness (QED) is 0.923. The molecule has 1 atom stereocenters. The van der Waals surface area contributed by atoms with Crippen molar-refractivity contribution in [2.75, 3.05) is 11.9 Å². The van der Waals surface area contributed by atoms with Crippen LogP contribution in [0.3, 0.4) is 0 Å². The molecule has 22 heavy (non-hydrogen) atoms. The van der Waals surface area contributed by atoms with Crippen LogP contribution in [0.15, 0.2) is 43.0 Å². The van der Waals surface area contributed by atoms with Crippen molar-refractivity contribution in [3.05, 3.63) is 43.0 Å². The molecule has 0 saturated carbocycles. The van der Waals surface area contributed by atoms with E-state index < -0.39 is 18.8 Å². The molecule has 1 N–H and O–H groups in total. The summed E-state index contributed by atoms with van der Waals surface area (Å²) in [4.78, 5) is 16.0. The van der Waals surface area contributed by atoms with E-state index >= 15 is 0 Å². The van der Waals surface area contributed by atoms with Crippen molar-refractivity contribution in [2.45, 2.75) is 19.1 Å². The van der Waals surface area contributed by atoms with E-state index in [9.17, 15) is 18.0 Å². The average Bonchev–Trinajstić information content (AvgIpc) is 2.98. The number of carbonyl (C=O) groups is 1. The number of para-hydroxylation sites is 2. The van der Waals surface area contributed by atoms with Gasteiger partial charge in [-0.1, -0.05) is 12.1 Å². The van der Waals surface area contributed by atoms with Gasteiger partial charge in [0, 0.05) is 12.4 Å². The minimum Gasteiger partial charge on any atom is -0.482 e. The van der Waals surface area contributed by atoms with Gasteiger partial charge < -0.3 is 14.6 Å². The summed E-state index contributed by atoms with van der Waals surface area (Å²) in [5.41, 5.74) is 0.184. The van der Waals surface area contributed by atoms with E-state index in [0.717, 1.165) is 0 Å². The SMILES string of the molecule is CC(C(=O)Nc1ccccc1OCC(F)(F)F)n1ccnc1. The molecule has 118 valence electrons. The van der Waals surface area contributed by atoms with Crippen LogP contribution in [0.4, 0.5) is 18.9 Å². The fourth-order valence-corrected chi connectivity index (χ4v) is 1.73. The molecule has 0 aliphatic heterocycles. The summed E-state index contributed by atoms with van der Waals surface area (Å²) in [6, 6.07) is 5.41. The lowest BCUT2D eigenvalue weighted by atomic mass is 10.2. The van der Waals surface area contributed by atoms with Crippen LogP contribution in [-0.2, 0) is 4.79 Å². The molecule has 1 unspecified atom stereocenters. The van der Waals surface area contributed by atoms with Crippen LogP contribution in [0.25, 0.3) is 0 Å². The molecule has 1 aromatic carbocycles. The molecule has 1 amide bonds. The zero-order valence-electron chi connectivity index (χ0n) is 11.7. The van der Waals surface area contributed by atoms with Gasteiger partial charge in [-0.15, -0.1) is 0 Å². The number of aromatic nitrogens is 2. The molecule has 1 aromatic heterocycles. The number of anilines is 1. The first-order valence-corrected chi connectivity index (χ1v) is 6.44. The van der Waals surface area contributed by atoms with Gasteiger partial charge in [0.05, 0.1) is 12.0 Å². The summed E-state index contributed by atoms with van der Waals surface area (Å²) >= 11 is 0. The van der Waals surface area contributed by atoms with E-state index in [2.05, 4.69) is 10.3 Å². The normalized spacial score (nSPS) is 12.7. The molecule has 0 aliphatic rings. The topological polar surface area (TPSA) is 56.1 Å². The molecular weight excluding hydrogens is 299 g/mol. The Morgan fingerprint density at radius 1 is 1.41 bits per heavy atom. The van der Waals surface area contributed by atoms with Crippen molar-refractivity contribution < 1.29 is 22.7 Å². The van der Waals surface area contributed by atoms with Gasteiger partial charge in [0.2, 0.25) is 5.91 Å². The molecule has 2 rings (SSSR count). The fraction of sp³-hybridized carbons (Fsp3) is 0.286. The summed E-state index contributed by atoms with van der Waals surface area (Å²) in [6.07, 6.45) is 0.192. The Balaban J connectivity index is 2.07. The second kappa shape index (κ2) is 6.50. The standard InChI is InChI=1S/C14H14F3N3O2/c1-10(20-7-6-18-9-20)13(21)19-11-4-2-3-5-12(11)22-8-14(15,16)17/h2-7,9-10H,8H2,1H3,(H,19,21). The van der Waals surface area contributed by atoms with Crippen molar-refractivity contribution >= 4 is 11.6 Å². The first-order chi connectivity index (χ1) is 10.4. The van der Waals surface area contributed by atoms with E-state index in [1.165, 1.54) is 30.7 Å². The van der Waals surface area contributed by atoms with Gasteiger partial charge in [0.1, 0.15) is 11.8 Å². The first kappa shape index (κ1) is 15.9. The van der Waals surface area contributed by atoms with Crippen molar-refractivity contribution in [2.24, 2.45) is 0 Å².